The van der Waals surface area contributed by atoms with Crippen LogP contribution in [0.25, 0.3) is 11.0 Å². The molecule has 0 aliphatic rings. The minimum absolute atomic E-state index is 0.0150. The summed E-state index contributed by atoms with van der Waals surface area (Å²) in [6.07, 6.45) is 1.30. The van der Waals surface area contributed by atoms with Crippen LogP contribution >= 0.6 is 0 Å². The lowest BCUT2D eigenvalue weighted by molar-refractivity contribution is 0.0523. The largest absolute Gasteiger partial charge is 0.443 e. The van der Waals surface area contributed by atoms with Gasteiger partial charge in [-0.05, 0) is 45.0 Å². The zero-order chi connectivity index (χ0) is 32.3. The Morgan fingerprint density at radius 1 is 0.933 bits per heavy atom. The standard InChI is InChI=1S/C27H20F4N10O4/c1-27(2,3)45-26(42)40-41(23-13(10-32)11-33-25(36-23)44-20-7-5-15(29)9-18(20)31)39-22-16-12-34-24(35-21(16)37-38-22)43-19-6-4-14(28)8-17(19)30/h4-9,11-12H,1-3H3,(H,40,42)(H2,34,35,37,38,39). The van der Waals surface area contributed by atoms with E-state index in [0.29, 0.717) is 12.1 Å². The third-order valence-corrected chi connectivity index (χ3v) is 5.38. The summed E-state index contributed by atoms with van der Waals surface area (Å²) >= 11 is 0. The second-order valence-electron chi connectivity index (χ2n) is 9.90. The number of halogens is 4. The molecule has 5 rings (SSSR count). The molecule has 18 heteroatoms. The van der Waals surface area contributed by atoms with Crippen LogP contribution in [0.1, 0.15) is 26.3 Å². The summed E-state index contributed by atoms with van der Waals surface area (Å²) < 4.78 is 70.8. The molecule has 0 atom stereocenters. The van der Waals surface area contributed by atoms with Gasteiger partial charge in [-0.25, -0.2) is 37.7 Å². The first kappa shape index (κ1) is 30.2. The maximum Gasteiger partial charge on any atom is 0.428 e. The topological polar surface area (TPSA) is 176 Å². The monoisotopic (exact) mass is 624 g/mol. The van der Waals surface area contributed by atoms with Crippen molar-refractivity contribution in [3.05, 3.63) is 77.6 Å². The van der Waals surface area contributed by atoms with Crippen molar-refractivity contribution in [2.45, 2.75) is 26.4 Å². The van der Waals surface area contributed by atoms with Gasteiger partial charge in [-0.2, -0.15) is 25.4 Å². The second kappa shape index (κ2) is 12.2. The van der Waals surface area contributed by atoms with E-state index in [1.165, 1.54) is 6.20 Å². The van der Waals surface area contributed by atoms with Gasteiger partial charge in [0.05, 0.1) is 11.6 Å². The van der Waals surface area contributed by atoms with Crippen molar-refractivity contribution in [3.63, 3.8) is 0 Å². The molecule has 0 aliphatic carbocycles. The molecule has 14 nitrogen and oxygen atoms in total. The third-order valence-electron chi connectivity index (χ3n) is 5.38. The van der Waals surface area contributed by atoms with E-state index in [2.05, 4.69) is 41.0 Å². The minimum atomic E-state index is -1.04. The lowest BCUT2D eigenvalue weighted by Gasteiger charge is -2.27. The fraction of sp³-hybridized carbons (Fsp3) is 0.148. The van der Waals surface area contributed by atoms with Crippen LogP contribution in [0.15, 0.2) is 48.8 Å². The molecule has 0 spiro atoms. The summed E-state index contributed by atoms with van der Waals surface area (Å²) in [5.41, 5.74) is 4.05. The molecule has 5 aromatic rings. The lowest BCUT2D eigenvalue weighted by atomic mass is 10.2. The number of carbonyl (C=O) groups is 1. The smallest absolute Gasteiger partial charge is 0.428 e. The maximum absolute atomic E-state index is 14.2. The molecular formula is C27H20F4N10O4. The van der Waals surface area contributed by atoms with E-state index in [9.17, 15) is 27.6 Å². The molecule has 0 saturated heterocycles. The Morgan fingerprint density at radius 2 is 1.53 bits per heavy atom. The van der Waals surface area contributed by atoms with Crippen LogP contribution < -0.4 is 25.4 Å². The lowest BCUT2D eigenvalue weighted by Crippen LogP contribution is -2.49. The molecule has 0 saturated carbocycles. The fourth-order valence-corrected chi connectivity index (χ4v) is 3.53. The number of nitriles is 1. The predicted molar refractivity (Wildman–Crippen MR) is 147 cm³/mol. The first-order valence-corrected chi connectivity index (χ1v) is 12.7. The van der Waals surface area contributed by atoms with Crippen LogP contribution in [0.4, 0.5) is 34.0 Å². The Hall–Kier alpha value is -6.25. The highest BCUT2D eigenvalue weighted by atomic mass is 19.1. The van der Waals surface area contributed by atoms with Crippen molar-refractivity contribution in [2.75, 3.05) is 10.5 Å². The number of fused-ring (bicyclic) bond motifs is 1. The number of nitrogens with one attached hydrogen (secondary N) is 3. The number of aromatic amines is 1. The van der Waals surface area contributed by atoms with Gasteiger partial charge in [-0.15, -0.1) is 0 Å². The van der Waals surface area contributed by atoms with Gasteiger partial charge < -0.3 is 14.2 Å². The predicted octanol–water partition coefficient (Wildman–Crippen LogP) is 5.43. The average molecular weight is 625 g/mol. The van der Waals surface area contributed by atoms with Crippen LogP contribution in [-0.2, 0) is 4.74 Å². The number of carbonyl (C=O) groups excluding carboxylic acids is 1. The van der Waals surface area contributed by atoms with E-state index < -0.39 is 46.7 Å². The van der Waals surface area contributed by atoms with Crippen molar-refractivity contribution < 1.29 is 36.6 Å². The van der Waals surface area contributed by atoms with Crippen molar-refractivity contribution in [1.29, 1.82) is 5.26 Å². The molecule has 1 amide bonds. The van der Waals surface area contributed by atoms with Gasteiger partial charge in [-0.3, -0.25) is 10.5 Å². The number of hydrogen-bond acceptors (Lipinski definition) is 12. The van der Waals surface area contributed by atoms with Crippen LogP contribution in [0.2, 0.25) is 0 Å². The minimum Gasteiger partial charge on any atom is -0.443 e. The molecule has 0 unspecified atom stereocenters. The molecule has 0 radical (unpaired) electrons. The average Bonchev–Trinajstić information content (AvgIpc) is 3.36. The van der Waals surface area contributed by atoms with Gasteiger partial charge in [0, 0.05) is 18.3 Å². The molecule has 0 bridgehead atoms. The highest BCUT2D eigenvalue weighted by molar-refractivity contribution is 5.87. The second-order valence-corrected chi connectivity index (χ2v) is 9.90. The first-order valence-electron chi connectivity index (χ1n) is 12.7. The molecule has 230 valence electrons. The van der Waals surface area contributed by atoms with Gasteiger partial charge in [0.25, 0.3) is 0 Å². The number of rotatable bonds is 8. The highest BCUT2D eigenvalue weighted by Gasteiger charge is 2.24. The quantitative estimate of drug-likeness (QED) is 0.148. The Labute approximate surface area is 250 Å². The summed E-state index contributed by atoms with van der Waals surface area (Å²) in [7, 11) is 0. The number of amides is 1. The van der Waals surface area contributed by atoms with Crippen molar-refractivity contribution in [3.8, 4) is 29.6 Å². The van der Waals surface area contributed by atoms with E-state index >= 15 is 0 Å². The summed E-state index contributed by atoms with van der Waals surface area (Å²) in [4.78, 5) is 28.9. The zero-order valence-corrected chi connectivity index (χ0v) is 23.4. The number of hydrogen-bond donors (Lipinski definition) is 3. The van der Waals surface area contributed by atoms with E-state index in [0.717, 1.165) is 35.6 Å². The Balaban J connectivity index is 1.48. The Morgan fingerprint density at radius 3 is 2.11 bits per heavy atom. The number of nitrogens with zero attached hydrogens (tertiary/aromatic N) is 7. The van der Waals surface area contributed by atoms with E-state index in [4.69, 9.17) is 14.2 Å². The Kier molecular flexibility index (Phi) is 8.17. The molecule has 45 heavy (non-hydrogen) atoms. The number of aromatic nitrogens is 6. The van der Waals surface area contributed by atoms with Gasteiger partial charge in [0.15, 0.2) is 40.4 Å². The summed E-state index contributed by atoms with van der Waals surface area (Å²) in [5, 5.41) is 17.5. The van der Waals surface area contributed by atoms with E-state index in [1.54, 1.807) is 20.8 Å². The molecule has 3 N–H and O–H groups in total. The molecular weight excluding hydrogens is 604 g/mol. The number of hydrazine groups is 2. The molecule has 0 aliphatic heterocycles. The normalized spacial score (nSPS) is 11.1. The SMILES string of the molecule is CC(C)(C)OC(=O)NN(Nc1[nH]nc2nc(Oc3ccc(F)cc3F)ncc12)c1nc(Oc2ccc(F)cc2F)ncc1C#N. The van der Waals surface area contributed by atoms with Crippen LogP contribution in [0, 0.1) is 34.6 Å². The van der Waals surface area contributed by atoms with Gasteiger partial charge in [0.2, 0.25) is 0 Å². The third kappa shape index (κ3) is 7.22. The van der Waals surface area contributed by atoms with Crippen LogP contribution in [0.3, 0.4) is 0 Å². The maximum atomic E-state index is 14.2. The van der Waals surface area contributed by atoms with Crippen molar-refractivity contribution >= 4 is 28.8 Å². The molecule has 3 heterocycles. The molecule has 3 aromatic heterocycles. The number of anilines is 2. The summed E-state index contributed by atoms with van der Waals surface area (Å²) in [5.74, 6) is -4.65. The van der Waals surface area contributed by atoms with Crippen molar-refractivity contribution in [1.82, 2.24) is 35.6 Å². The van der Waals surface area contributed by atoms with Crippen molar-refractivity contribution in [2.24, 2.45) is 0 Å². The summed E-state index contributed by atoms with van der Waals surface area (Å²) in [6, 6.07) is 6.33. The van der Waals surface area contributed by atoms with Gasteiger partial charge in [-0.1, -0.05) is 0 Å². The fourth-order valence-electron chi connectivity index (χ4n) is 3.53. The molecule has 0 fully saturated rings. The van der Waals surface area contributed by atoms with Gasteiger partial charge in [0.1, 0.15) is 28.9 Å². The number of benzene rings is 2. The van der Waals surface area contributed by atoms with Crippen LogP contribution in [-0.4, -0.2) is 41.8 Å². The first-order chi connectivity index (χ1) is 21.4. The Bertz CT molecular complexity index is 1940. The number of H-pyrrole nitrogens is 1. The van der Waals surface area contributed by atoms with E-state index in [-0.39, 0.29) is 40.0 Å². The number of ether oxygens (including phenoxy) is 3. The van der Waals surface area contributed by atoms with Crippen LogP contribution in [0.5, 0.6) is 23.5 Å². The zero-order valence-electron chi connectivity index (χ0n) is 23.4. The van der Waals surface area contributed by atoms with Gasteiger partial charge >= 0.3 is 18.1 Å². The highest BCUT2D eigenvalue weighted by Crippen LogP contribution is 2.28. The summed E-state index contributed by atoms with van der Waals surface area (Å²) in [6.45, 7) is 4.86. The van der Waals surface area contributed by atoms with E-state index in [1.807, 2.05) is 6.07 Å². The molecule has 2 aromatic carbocycles.